The standard InChI is InChI=1S/C26H30ClFN6O3S/c1-15(2)34-12-10-20(11-13-34)37-26-23(16(3)29)24(30)31-25(32-26)17-4-7-19(8-5-17)33-38(35,36)22-14-18(27)6-9-21(22)28/h4-9,14-15,20,29,33H,10-13H2,1-3H3,(H2,30,31,32)/p+1. The van der Waals surface area contributed by atoms with Crippen molar-refractivity contribution in [3.05, 3.63) is 58.9 Å². The average molecular weight is 562 g/mol. The van der Waals surface area contributed by atoms with E-state index in [0.717, 1.165) is 38.1 Å². The minimum atomic E-state index is -4.20. The molecule has 202 valence electrons. The highest BCUT2D eigenvalue weighted by atomic mass is 35.5. The van der Waals surface area contributed by atoms with Gasteiger partial charge in [0, 0.05) is 42.3 Å². The second-order valence-corrected chi connectivity index (χ2v) is 11.6. The van der Waals surface area contributed by atoms with E-state index in [0.29, 0.717) is 34.6 Å². The van der Waals surface area contributed by atoms with Gasteiger partial charge in [-0.05, 0) is 69.2 Å². The molecule has 2 aromatic carbocycles. The van der Waals surface area contributed by atoms with E-state index >= 15 is 0 Å². The lowest BCUT2D eigenvalue weighted by atomic mass is 10.1. The fraction of sp³-hybridized carbons (Fsp3) is 0.346. The van der Waals surface area contributed by atoms with Gasteiger partial charge in [0.15, 0.2) is 11.5 Å². The van der Waals surface area contributed by atoms with Crippen molar-refractivity contribution >= 4 is 38.8 Å². The smallest absolute Gasteiger partial charge is 0.264 e. The molecule has 0 aliphatic carbocycles. The van der Waals surface area contributed by atoms with Crippen molar-refractivity contribution in [3.63, 3.8) is 0 Å². The number of ether oxygens (including phenoxy) is 1. The maximum absolute atomic E-state index is 14.1. The van der Waals surface area contributed by atoms with Crippen LogP contribution in [0.1, 0.15) is 39.2 Å². The first-order chi connectivity index (χ1) is 17.9. The molecule has 0 bridgehead atoms. The zero-order valence-corrected chi connectivity index (χ0v) is 23.0. The molecule has 5 N–H and O–H groups in total. The number of sulfonamides is 1. The quantitative estimate of drug-likeness (QED) is 0.359. The minimum absolute atomic E-state index is 0.0334. The fourth-order valence-corrected chi connectivity index (χ4v) is 5.69. The Bertz CT molecular complexity index is 1440. The lowest BCUT2D eigenvalue weighted by Gasteiger charge is -2.34. The average Bonchev–Trinajstić information content (AvgIpc) is 2.85. The van der Waals surface area contributed by atoms with Crippen molar-refractivity contribution in [3.8, 4) is 17.3 Å². The van der Waals surface area contributed by atoms with Gasteiger partial charge in [-0.3, -0.25) is 10.1 Å². The second-order valence-electron chi connectivity index (χ2n) is 9.50. The number of aromatic nitrogens is 2. The zero-order chi connectivity index (χ0) is 27.6. The molecule has 9 nitrogen and oxygen atoms in total. The first-order valence-corrected chi connectivity index (χ1v) is 14.1. The van der Waals surface area contributed by atoms with Crippen LogP contribution in [0.3, 0.4) is 0 Å². The molecule has 38 heavy (non-hydrogen) atoms. The van der Waals surface area contributed by atoms with Gasteiger partial charge in [-0.15, -0.1) is 0 Å². The van der Waals surface area contributed by atoms with Gasteiger partial charge in [0.05, 0.1) is 0 Å². The van der Waals surface area contributed by atoms with Crippen LogP contribution in [0.2, 0.25) is 5.02 Å². The van der Waals surface area contributed by atoms with Crippen LogP contribution in [-0.2, 0) is 10.0 Å². The number of halogens is 2. The van der Waals surface area contributed by atoms with Crippen LogP contribution in [0.25, 0.3) is 11.4 Å². The molecule has 2 heterocycles. The van der Waals surface area contributed by atoms with Gasteiger partial charge in [-0.25, -0.2) is 17.8 Å². The summed E-state index contributed by atoms with van der Waals surface area (Å²) in [6.45, 7) is 7.91. The van der Waals surface area contributed by atoms with Gasteiger partial charge in [0.1, 0.15) is 28.2 Å². The third kappa shape index (κ3) is 6.23. The Morgan fingerprint density at radius 1 is 1.18 bits per heavy atom. The minimum Gasteiger partial charge on any atom is -0.474 e. The highest BCUT2D eigenvalue weighted by Gasteiger charge is 2.26. The summed E-state index contributed by atoms with van der Waals surface area (Å²) in [4.78, 5) is 10.9. The van der Waals surface area contributed by atoms with Crippen molar-refractivity contribution < 1.29 is 23.0 Å². The molecule has 12 heteroatoms. The monoisotopic (exact) mass is 561 g/mol. The predicted molar refractivity (Wildman–Crippen MR) is 146 cm³/mol. The summed E-state index contributed by atoms with van der Waals surface area (Å²) in [5.74, 6) is -0.100. The van der Waals surface area contributed by atoms with Crippen LogP contribution in [-0.4, -0.2) is 54.2 Å². The molecule has 0 radical (unpaired) electrons. The second kappa shape index (κ2) is 11.2. The third-order valence-corrected chi connectivity index (χ3v) is 7.99. The highest BCUT2D eigenvalue weighted by molar-refractivity contribution is 7.92. The van der Waals surface area contributed by atoms with Gasteiger partial charge in [-0.1, -0.05) is 11.6 Å². The Kier molecular flexibility index (Phi) is 8.19. The van der Waals surface area contributed by atoms with Gasteiger partial charge in [0.25, 0.3) is 10.0 Å². The molecule has 1 aliphatic rings. The summed E-state index contributed by atoms with van der Waals surface area (Å²) >= 11 is 5.85. The van der Waals surface area contributed by atoms with E-state index in [-0.39, 0.29) is 22.6 Å². The van der Waals surface area contributed by atoms with Crippen LogP contribution in [0.15, 0.2) is 47.4 Å². The number of hydrogen-bond acceptors (Lipinski definition) is 7. The van der Waals surface area contributed by atoms with Crippen LogP contribution >= 0.6 is 11.6 Å². The lowest BCUT2D eigenvalue weighted by Crippen LogP contribution is -2.42. The normalized spacial score (nSPS) is 15.0. The Balaban J connectivity index is 1.57. The number of benzene rings is 2. The fourth-order valence-electron chi connectivity index (χ4n) is 4.29. The Morgan fingerprint density at radius 3 is 2.45 bits per heavy atom. The summed E-state index contributed by atoms with van der Waals surface area (Å²) in [5, 5.41) is 6.19. The Morgan fingerprint density at radius 2 is 1.84 bits per heavy atom. The number of likely N-dealkylation sites (tertiary alicyclic amines) is 1. The number of anilines is 2. The number of nitrogens with zero attached hydrogens (tertiary/aromatic N) is 3. The molecule has 0 unspecified atom stereocenters. The first kappa shape index (κ1) is 27.7. The van der Waals surface area contributed by atoms with Crippen LogP contribution in [0.4, 0.5) is 15.9 Å². The topological polar surface area (TPSA) is 136 Å². The van der Waals surface area contributed by atoms with Crippen molar-refractivity contribution in [1.82, 2.24) is 14.9 Å². The Labute approximate surface area is 226 Å². The lowest BCUT2D eigenvalue weighted by molar-refractivity contribution is -0.113. The van der Waals surface area contributed by atoms with E-state index in [9.17, 15) is 12.8 Å². The molecular formula is C26H31ClFN6O3S+. The van der Waals surface area contributed by atoms with Gasteiger partial charge >= 0.3 is 0 Å². The molecule has 3 aromatic rings. The van der Waals surface area contributed by atoms with Crippen LogP contribution in [0, 0.1) is 5.82 Å². The molecule has 1 saturated heterocycles. The summed E-state index contributed by atoms with van der Waals surface area (Å²) in [5.41, 5.74) is 7.96. The highest BCUT2D eigenvalue weighted by Crippen LogP contribution is 2.30. The summed E-state index contributed by atoms with van der Waals surface area (Å²) < 4.78 is 48.1. The summed E-state index contributed by atoms with van der Waals surface area (Å²) in [6, 6.07) is 10.1. The first-order valence-electron chi connectivity index (χ1n) is 12.2. The molecule has 0 amide bonds. The number of nitrogens with two attached hydrogens (primary N) is 2. The maximum atomic E-state index is 14.1. The molecule has 0 spiro atoms. The van der Waals surface area contributed by atoms with E-state index in [4.69, 9.17) is 27.5 Å². The molecule has 1 aliphatic heterocycles. The summed E-state index contributed by atoms with van der Waals surface area (Å²) in [6.07, 6.45) is 1.67. The zero-order valence-electron chi connectivity index (χ0n) is 21.4. The SMILES string of the molecule is CC(=[NH2+])c1c(N)nc(-c2ccc(NS(=O)(=O)c3cc(Cl)ccc3F)cc2)nc1OC1CCN(C(C)C)CC1. The molecule has 4 rings (SSSR count). The third-order valence-electron chi connectivity index (χ3n) is 6.36. The van der Waals surface area contributed by atoms with Crippen molar-refractivity contribution in [1.29, 1.82) is 0 Å². The molecule has 1 fully saturated rings. The van der Waals surface area contributed by atoms with E-state index in [1.807, 2.05) is 0 Å². The van der Waals surface area contributed by atoms with E-state index in [2.05, 4.69) is 33.4 Å². The molecule has 0 saturated carbocycles. The van der Waals surface area contributed by atoms with Crippen molar-refractivity contribution in [2.45, 2.75) is 50.7 Å². The number of piperidine rings is 1. The van der Waals surface area contributed by atoms with Gasteiger partial charge in [-0.2, -0.15) is 4.98 Å². The largest absolute Gasteiger partial charge is 0.474 e. The number of nitrogen functional groups attached to an aromatic ring is 1. The van der Waals surface area contributed by atoms with E-state index < -0.39 is 20.7 Å². The number of nitrogens with one attached hydrogen (secondary N) is 1. The van der Waals surface area contributed by atoms with E-state index in [1.54, 1.807) is 19.1 Å². The van der Waals surface area contributed by atoms with Crippen molar-refractivity contribution in [2.75, 3.05) is 23.5 Å². The van der Waals surface area contributed by atoms with Gasteiger partial charge in [0.2, 0.25) is 5.88 Å². The summed E-state index contributed by atoms with van der Waals surface area (Å²) in [7, 11) is -4.20. The predicted octanol–water partition coefficient (Wildman–Crippen LogP) is 3.14. The van der Waals surface area contributed by atoms with Crippen LogP contribution in [0.5, 0.6) is 5.88 Å². The number of hydrogen-bond donors (Lipinski definition) is 3. The number of rotatable bonds is 8. The molecular weight excluding hydrogens is 531 g/mol. The van der Waals surface area contributed by atoms with E-state index in [1.165, 1.54) is 18.2 Å². The molecule has 1 aromatic heterocycles. The van der Waals surface area contributed by atoms with Gasteiger partial charge < -0.3 is 15.4 Å². The molecule has 0 atom stereocenters. The Hall–Kier alpha value is -3.28. The van der Waals surface area contributed by atoms with Crippen molar-refractivity contribution in [2.24, 2.45) is 0 Å². The maximum Gasteiger partial charge on any atom is 0.264 e. The van der Waals surface area contributed by atoms with Crippen LogP contribution < -0.4 is 20.6 Å².